The van der Waals surface area contributed by atoms with E-state index in [-0.39, 0.29) is 5.75 Å². The molecule has 0 aromatic heterocycles. The van der Waals surface area contributed by atoms with Gasteiger partial charge < -0.3 is 18.7 Å². The summed E-state index contributed by atoms with van der Waals surface area (Å²) in [5.41, 5.74) is 0.694. The zero-order valence-corrected chi connectivity index (χ0v) is 17.3. The molecule has 0 spiro atoms. The van der Waals surface area contributed by atoms with Crippen LogP contribution in [0.15, 0.2) is 91.0 Å². The van der Waals surface area contributed by atoms with Crippen molar-refractivity contribution in [2.24, 2.45) is 0 Å². The summed E-state index contributed by atoms with van der Waals surface area (Å²) >= 11 is 0. The second kappa shape index (κ2) is 8.52. The maximum atomic E-state index is 13.8. The van der Waals surface area contributed by atoms with Crippen LogP contribution in [0.1, 0.15) is 12.5 Å². The number of rotatable bonds is 7. The molecule has 0 aliphatic carbocycles. The van der Waals surface area contributed by atoms with Crippen LogP contribution in [0.5, 0.6) is 23.0 Å². The highest BCUT2D eigenvalue weighted by Crippen LogP contribution is 2.52. The normalized spacial score (nSPS) is 11.2. The fourth-order valence-electron chi connectivity index (χ4n) is 3.14. The first-order valence-corrected chi connectivity index (χ1v) is 11.1. The van der Waals surface area contributed by atoms with Crippen molar-refractivity contribution >= 4 is 18.6 Å². The number of hydrogen-bond acceptors (Lipinski definition) is 5. The van der Waals surface area contributed by atoms with Gasteiger partial charge in [0.05, 0.1) is 0 Å². The Labute approximate surface area is 175 Å². The molecule has 0 radical (unpaired) electrons. The lowest BCUT2D eigenvalue weighted by Gasteiger charge is -2.22. The highest BCUT2D eigenvalue weighted by Gasteiger charge is 2.34. The molecule has 0 atom stereocenters. The number of aromatic hydroxyl groups is 1. The summed E-state index contributed by atoms with van der Waals surface area (Å²) in [6.45, 7) is 1.93. The van der Waals surface area contributed by atoms with E-state index in [9.17, 15) is 9.67 Å². The van der Waals surface area contributed by atoms with Gasteiger partial charge in [0.2, 0.25) is 0 Å². The predicted octanol–water partition coefficient (Wildman–Crippen LogP) is 6.75. The van der Waals surface area contributed by atoms with Crippen molar-refractivity contribution in [3.05, 3.63) is 96.6 Å². The summed E-state index contributed by atoms with van der Waals surface area (Å²) < 4.78 is 31.3. The molecule has 4 rings (SSSR count). The topological polar surface area (TPSA) is 65.0 Å². The highest BCUT2D eigenvalue weighted by molar-refractivity contribution is 7.49. The largest absolute Gasteiger partial charge is 0.647 e. The molecule has 1 N–H and O–H groups in total. The van der Waals surface area contributed by atoms with Crippen LogP contribution < -0.4 is 13.6 Å². The molecule has 0 bridgehead atoms. The molecule has 0 heterocycles. The van der Waals surface area contributed by atoms with Gasteiger partial charge >= 0.3 is 7.82 Å². The molecular weight excluding hydrogens is 399 g/mol. The van der Waals surface area contributed by atoms with E-state index in [1.54, 1.807) is 66.7 Å². The highest BCUT2D eigenvalue weighted by atomic mass is 31.2. The molecule has 4 aromatic rings. The summed E-state index contributed by atoms with van der Waals surface area (Å²) in [4.78, 5) is 0. The minimum absolute atomic E-state index is 0.137. The molecule has 0 fully saturated rings. The van der Waals surface area contributed by atoms with E-state index in [4.69, 9.17) is 13.6 Å². The van der Waals surface area contributed by atoms with Crippen molar-refractivity contribution in [2.45, 2.75) is 13.3 Å². The number of phenolic OH excluding ortho intramolecular Hbond substituents is 1. The second-order valence-corrected chi connectivity index (χ2v) is 8.07. The molecule has 4 aromatic carbocycles. The van der Waals surface area contributed by atoms with Gasteiger partial charge in [-0.15, -0.1) is 0 Å². The van der Waals surface area contributed by atoms with E-state index in [1.165, 1.54) is 0 Å². The van der Waals surface area contributed by atoms with Crippen molar-refractivity contribution < 1.29 is 23.2 Å². The lowest BCUT2D eigenvalue weighted by atomic mass is 10.0. The van der Waals surface area contributed by atoms with Crippen LogP contribution in [-0.2, 0) is 11.0 Å². The third kappa shape index (κ3) is 4.27. The average molecular weight is 420 g/mol. The average Bonchev–Trinajstić information content (AvgIpc) is 2.77. The summed E-state index contributed by atoms with van der Waals surface area (Å²) in [5, 5.41) is 11.6. The summed E-state index contributed by atoms with van der Waals surface area (Å²) in [6.07, 6.45) is 0.560. The van der Waals surface area contributed by atoms with Crippen molar-refractivity contribution in [2.75, 3.05) is 0 Å². The third-order valence-electron chi connectivity index (χ3n) is 4.56. The van der Waals surface area contributed by atoms with Crippen molar-refractivity contribution in [3.8, 4) is 23.0 Å². The number of phosphoric acid groups is 1. The Balaban J connectivity index is 1.80. The molecule has 0 aliphatic rings. The van der Waals surface area contributed by atoms with Crippen LogP contribution in [0.25, 0.3) is 10.8 Å². The van der Waals surface area contributed by atoms with E-state index in [2.05, 4.69) is 0 Å². The summed E-state index contributed by atoms with van der Waals surface area (Å²) in [5.74, 6) is 1.22. The molecule has 30 heavy (non-hydrogen) atoms. The maximum absolute atomic E-state index is 13.8. The fourth-order valence-corrected chi connectivity index (χ4v) is 4.46. The van der Waals surface area contributed by atoms with Crippen LogP contribution in [0.2, 0.25) is 0 Å². The van der Waals surface area contributed by atoms with Gasteiger partial charge in [-0.25, -0.2) is 0 Å². The molecule has 0 unspecified atom stereocenters. The number of aryl methyl sites for hydroxylation is 1. The van der Waals surface area contributed by atoms with Crippen molar-refractivity contribution in [1.82, 2.24) is 0 Å². The number of para-hydroxylation sites is 2. The van der Waals surface area contributed by atoms with Crippen LogP contribution >= 0.6 is 7.82 Å². The van der Waals surface area contributed by atoms with Crippen LogP contribution in [0.4, 0.5) is 0 Å². The number of phosphoric ester groups is 1. The predicted molar refractivity (Wildman–Crippen MR) is 117 cm³/mol. The summed E-state index contributed by atoms with van der Waals surface area (Å²) in [6, 6.07) is 26.3. The summed E-state index contributed by atoms with van der Waals surface area (Å²) in [7, 11) is -4.13. The Hall–Kier alpha value is -3.43. The molecule has 0 saturated carbocycles. The molecule has 5 nitrogen and oxygen atoms in total. The van der Waals surface area contributed by atoms with E-state index in [0.717, 1.165) is 0 Å². The molecule has 0 amide bonds. The standard InChI is InChI=1S/C24H21O5P/c1-2-18-17-23(25)21-15-9-10-16-22(21)24(18)29-30(26,27-19-11-5-3-6-12-19)28-20-13-7-4-8-14-20/h3-17,25H,2H2,1H3. The van der Waals surface area contributed by atoms with Crippen LogP contribution in [0, 0.1) is 0 Å². The Bertz CT molecular complexity index is 1150. The van der Waals surface area contributed by atoms with Gasteiger partial charge in [0.15, 0.2) is 0 Å². The molecule has 152 valence electrons. The molecule has 0 saturated heterocycles. The van der Waals surface area contributed by atoms with Crippen molar-refractivity contribution in [3.63, 3.8) is 0 Å². The van der Waals surface area contributed by atoms with Gasteiger partial charge in [0.25, 0.3) is 0 Å². The third-order valence-corrected chi connectivity index (χ3v) is 5.83. The number of fused-ring (bicyclic) bond motifs is 1. The fraction of sp³-hybridized carbons (Fsp3) is 0.0833. The Morgan fingerprint density at radius 1 is 0.733 bits per heavy atom. The van der Waals surface area contributed by atoms with E-state index >= 15 is 0 Å². The van der Waals surface area contributed by atoms with Gasteiger partial charge in [0.1, 0.15) is 23.0 Å². The van der Waals surface area contributed by atoms with Crippen LogP contribution in [0.3, 0.4) is 0 Å². The van der Waals surface area contributed by atoms with Gasteiger partial charge in [-0.2, -0.15) is 4.57 Å². The smallest absolute Gasteiger partial charge is 0.507 e. The SMILES string of the molecule is CCc1cc(O)c2ccccc2c1OP(=O)(Oc1ccccc1)Oc1ccccc1. The number of benzene rings is 4. The van der Waals surface area contributed by atoms with Crippen molar-refractivity contribution in [1.29, 1.82) is 0 Å². The first-order chi connectivity index (χ1) is 14.6. The van der Waals surface area contributed by atoms with Gasteiger partial charge in [-0.1, -0.05) is 67.6 Å². The van der Waals surface area contributed by atoms with Gasteiger partial charge in [-0.3, -0.25) is 0 Å². The Kier molecular flexibility index (Phi) is 5.64. The van der Waals surface area contributed by atoms with E-state index < -0.39 is 7.82 Å². The first kappa shape index (κ1) is 19.9. The van der Waals surface area contributed by atoms with E-state index in [1.807, 2.05) is 31.2 Å². The number of phenols is 1. The van der Waals surface area contributed by atoms with Gasteiger partial charge in [0, 0.05) is 10.8 Å². The second-order valence-electron chi connectivity index (χ2n) is 6.63. The lowest BCUT2D eigenvalue weighted by molar-refractivity contribution is 0.298. The van der Waals surface area contributed by atoms with Crippen LogP contribution in [-0.4, -0.2) is 5.11 Å². The minimum atomic E-state index is -4.13. The number of hydrogen-bond donors (Lipinski definition) is 1. The van der Waals surface area contributed by atoms with Gasteiger partial charge in [-0.05, 0) is 42.3 Å². The first-order valence-electron chi connectivity index (χ1n) is 9.60. The molecule has 6 heteroatoms. The molecular formula is C24H21O5P. The quantitative estimate of drug-likeness (QED) is 0.335. The zero-order valence-electron chi connectivity index (χ0n) is 16.4. The maximum Gasteiger partial charge on any atom is 0.647 e. The molecule has 0 aliphatic heterocycles. The Morgan fingerprint density at radius 3 is 1.77 bits per heavy atom. The Morgan fingerprint density at radius 2 is 1.23 bits per heavy atom. The lowest BCUT2D eigenvalue weighted by Crippen LogP contribution is -2.09. The monoisotopic (exact) mass is 420 g/mol. The van der Waals surface area contributed by atoms with E-state index in [0.29, 0.717) is 40.0 Å². The zero-order chi connectivity index (χ0) is 21.0. The minimum Gasteiger partial charge on any atom is -0.507 e.